The van der Waals surface area contributed by atoms with Crippen LogP contribution in [0.1, 0.15) is 36.3 Å². The Morgan fingerprint density at radius 2 is 2.13 bits per heavy atom. The van der Waals surface area contributed by atoms with Crippen molar-refractivity contribution in [1.82, 2.24) is 25.9 Å². The Labute approximate surface area is 87.3 Å². The van der Waals surface area contributed by atoms with Gasteiger partial charge in [0.25, 0.3) is 11.7 Å². The summed E-state index contributed by atoms with van der Waals surface area (Å²) >= 11 is 0. The van der Waals surface area contributed by atoms with Crippen molar-refractivity contribution in [2.45, 2.75) is 25.7 Å². The Balaban J connectivity index is 2.03. The Morgan fingerprint density at radius 3 is 2.80 bits per heavy atom. The zero-order chi connectivity index (χ0) is 10.9. The van der Waals surface area contributed by atoms with Crippen LogP contribution >= 0.6 is 0 Å². The molecule has 1 heterocycles. The molecule has 1 amide bonds. The molecule has 0 bridgehead atoms. The van der Waals surface area contributed by atoms with Crippen molar-refractivity contribution in [2.75, 3.05) is 13.2 Å². The maximum atomic E-state index is 11.3. The third-order valence-corrected chi connectivity index (χ3v) is 1.92. The summed E-state index contributed by atoms with van der Waals surface area (Å²) in [7, 11) is 0. The summed E-state index contributed by atoms with van der Waals surface area (Å²) in [5.41, 5.74) is 0. The Morgan fingerprint density at radius 1 is 1.33 bits per heavy atom. The van der Waals surface area contributed by atoms with Crippen molar-refractivity contribution in [3.05, 3.63) is 5.82 Å². The highest BCUT2D eigenvalue weighted by atomic mass is 16.2. The number of aliphatic hydroxyl groups is 1. The van der Waals surface area contributed by atoms with E-state index in [1.165, 1.54) is 0 Å². The van der Waals surface area contributed by atoms with Crippen LogP contribution in [-0.4, -0.2) is 44.8 Å². The molecule has 84 valence electrons. The third kappa shape index (κ3) is 4.50. The topological polar surface area (TPSA) is 104 Å². The van der Waals surface area contributed by atoms with E-state index in [9.17, 15) is 4.79 Å². The lowest BCUT2D eigenvalue weighted by Crippen LogP contribution is -2.25. The lowest BCUT2D eigenvalue weighted by Gasteiger charge is -2.01. The molecule has 3 N–H and O–H groups in total. The number of aliphatic hydroxyl groups excluding tert-OH is 1. The first-order valence-electron chi connectivity index (χ1n) is 4.97. The van der Waals surface area contributed by atoms with E-state index in [1.54, 1.807) is 0 Å². The molecule has 15 heavy (non-hydrogen) atoms. The number of hydrogen-bond donors (Lipinski definition) is 3. The van der Waals surface area contributed by atoms with E-state index < -0.39 is 0 Å². The number of nitrogens with zero attached hydrogens (tertiary/aromatic N) is 3. The van der Waals surface area contributed by atoms with Gasteiger partial charge in [0.2, 0.25) is 0 Å². The van der Waals surface area contributed by atoms with Gasteiger partial charge in [-0.3, -0.25) is 4.79 Å². The largest absolute Gasteiger partial charge is 0.396 e. The lowest BCUT2D eigenvalue weighted by atomic mass is 10.2. The smallest absolute Gasteiger partial charge is 0.292 e. The third-order valence-electron chi connectivity index (χ3n) is 1.92. The van der Waals surface area contributed by atoms with Gasteiger partial charge < -0.3 is 10.4 Å². The summed E-state index contributed by atoms with van der Waals surface area (Å²) in [5, 5.41) is 23.8. The first kappa shape index (κ1) is 11.6. The molecule has 0 radical (unpaired) electrons. The minimum atomic E-state index is -0.314. The molecule has 0 saturated heterocycles. The Kier molecular flexibility index (Phi) is 5.31. The second-order valence-corrected chi connectivity index (χ2v) is 3.13. The van der Waals surface area contributed by atoms with Gasteiger partial charge in [-0.25, -0.2) is 0 Å². The number of unbranched alkanes of at least 4 members (excludes halogenated alkanes) is 3. The molecule has 1 rings (SSSR count). The zero-order valence-electron chi connectivity index (χ0n) is 8.44. The number of nitrogens with one attached hydrogen (secondary N) is 2. The first-order chi connectivity index (χ1) is 7.34. The van der Waals surface area contributed by atoms with Crippen molar-refractivity contribution in [3.63, 3.8) is 0 Å². The molecule has 0 spiro atoms. The number of carbonyl (C=O) groups excluding carboxylic acids is 1. The summed E-state index contributed by atoms with van der Waals surface area (Å²) in [6.45, 7) is 0.827. The number of aromatic amines is 1. The summed E-state index contributed by atoms with van der Waals surface area (Å²) in [4.78, 5) is 11.3. The zero-order valence-corrected chi connectivity index (χ0v) is 8.44. The van der Waals surface area contributed by atoms with Crippen molar-refractivity contribution in [2.24, 2.45) is 0 Å². The van der Waals surface area contributed by atoms with Gasteiger partial charge in [-0.1, -0.05) is 12.8 Å². The Hall–Kier alpha value is -1.50. The molecule has 1 aromatic rings. The molecular formula is C8H15N5O2. The number of amides is 1. The molecule has 0 unspecified atom stereocenters. The van der Waals surface area contributed by atoms with Crippen LogP contribution in [-0.2, 0) is 0 Å². The van der Waals surface area contributed by atoms with E-state index in [2.05, 4.69) is 25.9 Å². The fourth-order valence-corrected chi connectivity index (χ4v) is 1.13. The molecule has 0 aromatic carbocycles. The van der Waals surface area contributed by atoms with Gasteiger partial charge in [-0.2, -0.15) is 5.21 Å². The lowest BCUT2D eigenvalue weighted by molar-refractivity contribution is 0.0942. The average Bonchev–Trinajstić information content (AvgIpc) is 2.76. The summed E-state index contributed by atoms with van der Waals surface area (Å²) in [6, 6.07) is 0. The van der Waals surface area contributed by atoms with Crippen molar-refractivity contribution in [3.8, 4) is 0 Å². The van der Waals surface area contributed by atoms with Gasteiger partial charge in [0.1, 0.15) is 0 Å². The van der Waals surface area contributed by atoms with E-state index in [4.69, 9.17) is 5.11 Å². The van der Waals surface area contributed by atoms with Crippen LogP contribution in [0.5, 0.6) is 0 Å². The van der Waals surface area contributed by atoms with Crippen LogP contribution in [0.3, 0.4) is 0 Å². The highest BCUT2D eigenvalue weighted by molar-refractivity contribution is 5.89. The maximum absolute atomic E-state index is 11.3. The van der Waals surface area contributed by atoms with Gasteiger partial charge in [-0.15, -0.1) is 10.2 Å². The van der Waals surface area contributed by atoms with E-state index in [-0.39, 0.29) is 18.3 Å². The van der Waals surface area contributed by atoms with Gasteiger partial charge in [0, 0.05) is 13.2 Å². The van der Waals surface area contributed by atoms with Crippen LogP contribution in [0.25, 0.3) is 0 Å². The number of aromatic nitrogens is 4. The number of rotatable bonds is 7. The highest BCUT2D eigenvalue weighted by Crippen LogP contribution is 1.97. The molecule has 0 saturated carbocycles. The second-order valence-electron chi connectivity index (χ2n) is 3.13. The van der Waals surface area contributed by atoms with Crippen LogP contribution in [0.2, 0.25) is 0 Å². The predicted octanol–water partition coefficient (Wildman–Crippen LogP) is -0.518. The fraction of sp³-hybridized carbons (Fsp3) is 0.750. The maximum Gasteiger partial charge on any atom is 0.292 e. The second kappa shape index (κ2) is 6.88. The molecule has 0 aliphatic rings. The van der Waals surface area contributed by atoms with Crippen molar-refractivity contribution < 1.29 is 9.90 Å². The summed E-state index contributed by atoms with van der Waals surface area (Å²) in [5.74, 6) is -0.253. The number of carbonyl (C=O) groups is 1. The minimum absolute atomic E-state index is 0.0605. The molecule has 0 aliphatic carbocycles. The Bertz CT molecular complexity index is 275. The van der Waals surface area contributed by atoms with Crippen molar-refractivity contribution in [1.29, 1.82) is 0 Å². The molecule has 7 nitrogen and oxygen atoms in total. The fourth-order valence-electron chi connectivity index (χ4n) is 1.13. The van der Waals surface area contributed by atoms with Gasteiger partial charge in [0.15, 0.2) is 0 Å². The van der Waals surface area contributed by atoms with Gasteiger partial charge >= 0.3 is 0 Å². The molecular weight excluding hydrogens is 198 g/mol. The van der Waals surface area contributed by atoms with Crippen LogP contribution in [0.4, 0.5) is 0 Å². The summed E-state index contributed by atoms with van der Waals surface area (Å²) in [6.07, 6.45) is 3.68. The average molecular weight is 213 g/mol. The molecule has 7 heteroatoms. The quantitative estimate of drug-likeness (QED) is 0.529. The SMILES string of the molecule is O=C(NCCCCCCO)c1nn[nH]n1. The standard InChI is InChI=1S/C8H15N5O2/c14-6-4-2-1-3-5-9-8(15)7-10-12-13-11-7/h14H,1-6H2,(H,9,15)(H,10,11,12,13). The number of hydrogen-bond acceptors (Lipinski definition) is 5. The monoisotopic (exact) mass is 213 g/mol. The predicted molar refractivity (Wildman–Crippen MR) is 52.1 cm³/mol. The molecule has 0 aliphatic heterocycles. The van der Waals surface area contributed by atoms with E-state index >= 15 is 0 Å². The van der Waals surface area contributed by atoms with Crippen LogP contribution in [0.15, 0.2) is 0 Å². The minimum Gasteiger partial charge on any atom is -0.396 e. The van der Waals surface area contributed by atoms with E-state index in [1.807, 2.05) is 0 Å². The van der Waals surface area contributed by atoms with Crippen LogP contribution in [0, 0.1) is 0 Å². The van der Waals surface area contributed by atoms with Gasteiger partial charge in [0.05, 0.1) is 0 Å². The van der Waals surface area contributed by atoms with Crippen LogP contribution < -0.4 is 5.32 Å². The number of tetrazole rings is 1. The van der Waals surface area contributed by atoms with Crippen molar-refractivity contribution >= 4 is 5.91 Å². The molecule has 1 aromatic heterocycles. The van der Waals surface area contributed by atoms with E-state index in [0.29, 0.717) is 6.54 Å². The van der Waals surface area contributed by atoms with E-state index in [0.717, 1.165) is 25.7 Å². The molecule has 0 fully saturated rings. The molecule has 0 atom stereocenters. The summed E-state index contributed by atoms with van der Waals surface area (Å²) < 4.78 is 0. The highest BCUT2D eigenvalue weighted by Gasteiger charge is 2.08. The first-order valence-corrected chi connectivity index (χ1v) is 4.97. The normalized spacial score (nSPS) is 10.2. The number of H-pyrrole nitrogens is 1. The van der Waals surface area contributed by atoms with Gasteiger partial charge in [-0.05, 0) is 18.1 Å².